The Balaban J connectivity index is 1.09. The average Bonchev–Trinajstić information content (AvgIpc) is 3.06. The second-order valence-electron chi connectivity index (χ2n) is 12.6. The van der Waals surface area contributed by atoms with Gasteiger partial charge >= 0.3 is 0 Å². The molecule has 1 aliphatic rings. The Morgan fingerprint density at radius 2 is 1.00 bits per heavy atom. The molecule has 0 saturated carbocycles. The van der Waals surface area contributed by atoms with E-state index in [9.17, 15) is 0 Å². The predicted octanol–water partition coefficient (Wildman–Crippen LogP) is 13.3. The van der Waals surface area contributed by atoms with Gasteiger partial charge < -0.3 is 10.1 Å². The quantitative estimate of drug-likeness (QED) is 0.108. The van der Waals surface area contributed by atoms with Crippen LogP contribution >= 0.6 is 11.8 Å². The van der Waals surface area contributed by atoms with Crippen molar-refractivity contribution in [3.8, 4) is 0 Å². The molecule has 0 unspecified atom stereocenters. The van der Waals surface area contributed by atoms with E-state index in [2.05, 4.69) is 66.8 Å². The summed E-state index contributed by atoms with van der Waals surface area (Å²) in [6.45, 7) is 4.14. The minimum atomic E-state index is 0.775. The highest BCUT2D eigenvalue weighted by Gasteiger charge is 2.18. The van der Waals surface area contributed by atoms with Gasteiger partial charge in [-0.2, -0.15) is 0 Å². The third kappa shape index (κ3) is 16.1. The normalized spacial score (nSPS) is 13.3. The van der Waals surface area contributed by atoms with Gasteiger partial charge in [-0.05, 0) is 24.1 Å². The van der Waals surface area contributed by atoms with Crippen LogP contribution in [0.5, 0.6) is 0 Å². The number of thioether (sulfide) groups is 1. The smallest absolute Gasteiger partial charge is 0.140 e. The number of ether oxygens (including phenoxy) is 1. The predicted molar refractivity (Wildman–Crippen MR) is 194 cm³/mol. The van der Waals surface area contributed by atoms with E-state index in [1.165, 1.54) is 157 Å². The second-order valence-corrected chi connectivity index (χ2v) is 13.8. The first-order valence-corrected chi connectivity index (χ1v) is 19.3. The number of unbranched alkanes of at least 4 members (excludes halogenated alkanes) is 21. The van der Waals surface area contributed by atoms with Gasteiger partial charge in [0.25, 0.3) is 0 Å². The van der Waals surface area contributed by atoms with Crippen molar-refractivity contribution in [3.05, 3.63) is 65.7 Å². The molecule has 3 rings (SSSR count). The van der Waals surface area contributed by atoms with Crippen molar-refractivity contribution in [1.82, 2.24) is 0 Å². The molecule has 2 aromatic rings. The number of nitrogens with one attached hydrogen (secondary N) is 1. The molecule has 0 saturated heterocycles. The molecule has 1 N–H and O–H groups in total. The summed E-state index contributed by atoms with van der Waals surface area (Å²) < 4.78 is 6.09. The van der Waals surface area contributed by atoms with Crippen LogP contribution in [0.2, 0.25) is 0 Å². The molecule has 240 valence electrons. The van der Waals surface area contributed by atoms with Gasteiger partial charge in [-0.25, -0.2) is 0 Å². The summed E-state index contributed by atoms with van der Waals surface area (Å²) in [7, 11) is 0. The Morgan fingerprint density at radius 1 is 0.535 bits per heavy atom. The standard InChI is InChI=1S/C40H63NOS/c1-2-3-4-5-6-7-8-9-10-11-12-13-14-15-16-17-18-19-20-21-22-26-33-41-38-31-29-37(30-32-38)40-39(42-34-35-43-40)36-27-24-23-25-28-36/h23-25,27-32,41H,2-22,26,33-35H2,1H3. The van der Waals surface area contributed by atoms with E-state index in [0.29, 0.717) is 0 Å². The molecular formula is C40H63NOS. The van der Waals surface area contributed by atoms with E-state index in [0.717, 1.165) is 30.2 Å². The number of anilines is 1. The highest BCUT2D eigenvalue weighted by atomic mass is 32.2. The van der Waals surface area contributed by atoms with Gasteiger partial charge in [-0.3, -0.25) is 0 Å². The van der Waals surface area contributed by atoms with Gasteiger partial charge in [0, 0.05) is 23.5 Å². The van der Waals surface area contributed by atoms with E-state index in [1.54, 1.807) is 0 Å². The van der Waals surface area contributed by atoms with Crippen LogP contribution in [0.25, 0.3) is 10.7 Å². The van der Waals surface area contributed by atoms with Crippen molar-refractivity contribution in [1.29, 1.82) is 0 Å². The molecular weight excluding hydrogens is 543 g/mol. The minimum Gasteiger partial charge on any atom is -0.491 e. The average molecular weight is 606 g/mol. The van der Waals surface area contributed by atoms with Crippen molar-refractivity contribution in [2.45, 2.75) is 148 Å². The van der Waals surface area contributed by atoms with Crippen LogP contribution in [-0.2, 0) is 4.74 Å². The first-order chi connectivity index (χ1) is 21.4. The molecule has 2 nitrogen and oxygen atoms in total. The van der Waals surface area contributed by atoms with Crippen LogP contribution in [0.1, 0.15) is 159 Å². The summed E-state index contributed by atoms with van der Waals surface area (Å²) in [5.74, 6) is 2.03. The Labute approximate surface area is 270 Å². The van der Waals surface area contributed by atoms with Gasteiger partial charge in [-0.1, -0.05) is 184 Å². The summed E-state index contributed by atoms with van der Waals surface area (Å²) in [5.41, 5.74) is 3.63. The molecule has 1 aliphatic heterocycles. The number of hydrogen-bond acceptors (Lipinski definition) is 3. The maximum atomic E-state index is 6.09. The van der Waals surface area contributed by atoms with Crippen LogP contribution < -0.4 is 5.32 Å². The fourth-order valence-electron chi connectivity index (χ4n) is 6.14. The summed E-state index contributed by atoms with van der Waals surface area (Å²) in [6, 6.07) is 19.4. The van der Waals surface area contributed by atoms with Crippen molar-refractivity contribution in [3.63, 3.8) is 0 Å². The van der Waals surface area contributed by atoms with Crippen molar-refractivity contribution >= 4 is 28.1 Å². The number of rotatable bonds is 26. The zero-order valence-corrected chi connectivity index (χ0v) is 28.5. The first kappa shape index (κ1) is 35.6. The Hall–Kier alpha value is -1.87. The molecule has 0 fully saturated rings. The molecule has 0 atom stereocenters. The highest BCUT2D eigenvalue weighted by Crippen LogP contribution is 2.39. The maximum absolute atomic E-state index is 6.09. The van der Waals surface area contributed by atoms with E-state index >= 15 is 0 Å². The monoisotopic (exact) mass is 605 g/mol. The Bertz CT molecular complexity index is 954. The van der Waals surface area contributed by atoms with Crippen LogP contribution in [0.15, 0.2) is 54.6 Å². The summed E-state index contributed by atoms with van der Waals surface area (Å²) in [6.07, 6.45) is 31.6. The lowest BCUT2D eigenvalue weighted by Crippen LogP contribution is -2.06. The molecule has 0 bridgehead atoms. The highest BCUT2D eigenvalue weighted by molar-refractivity contribution is 8.08. The fraction of sp³-hybridized carbons (Fsp3) is 0.650. The van der Waals surface area contributed by atoms with E-state index < -0.39 is 0 Å². The van der Waals surface area contributed by atoms with Gasteiger partial charge in [0.05, 0.1) is 11.5 Å². The summed E-state index contributed by atoms with van der Waals surface area (Å²) >= 11 is 1.90. The minimum absolute atomic E-state index is 0.775. The van der Waals surface area contributed by atoms with E-state index in [-0.39, 0.29) is 0 Å². The SMILES string of the molecule is CCCCCCCCCCCCCCCCCCCCCCCCNc1ccc(C2=C(c3ccccc3)OCCS2)cc1. The molecule has 43 heavy (non-hydrogen) atoms. The first-order valence-electron chi connectivity index (χ1n) is 18.3. The largest absolute Gasteiger partial charge is 0.491 e. The lowest BCUT2D eigenvalue weighted by Gasteiger charge is -2.21. The zero-order chi connectivity index (χ0) is 30.0. The molecule has 1 heterocycles. The Morgan fingerprint density at radius 3 is 1.49 bits per heavy atom. The van der Waals surface area contributed by atoms with Crippen molar-refractivity contribution < 1.29 is 4.74 Å². The fourth-order valence-corrected chi connectivity index (χ4v) is 7.12. The molecule has 3 heteroatoms. The van der Waals surface area contributed by atoms with Gasteiger partial charge in [-0.15, -0.1) is 11.8 Å². The van der Waals surface area contributed by atoms with Crippen LogP contribution in [0, 0.1) is 0 Å². The molecule has 0 aromatic heterocycles. The molecule has 0 aliphatic carbocycles. The summed E-state index contributed by atoms with van der Waals surface area (Å²) in [4.78, 5) is 1.25. The van der Waals surface area contributed by atoms with Crippen molar-refractivity contribution in [2.24, 2.45) is 0 Å². The molecule has 0 spiro atoms. The van der Waals surface area contributed by atoms with E-state index in [4.69, 9.17) is 4.74 Å². The molecule has 2 aromatic carbocycles. The summed E-state index contributed by atoms with van der Waals surface area (Å²) in [5, 5.41) is 3.63. The number of benzene rings is 2. The number of hydrogen-bond donors (Lipinski definition) is 1. The molecule has 0 radical (unpaired) electrons. The van der Waals surface area contributed by atoms with Gasteiger partial charge in [0.15, 0.2) is 0 Å². The van der Waals surface area contributed by atoms with Crippen molar-refractivity contribution in [2.75, 3.05) is 24.2 Å². The second kappa shape index (κ2) is 24.5. The maximum Gasteiger partial charge on any atom is 0.140 e. The van der Waals surface area contributed by atoms with Crippen LogP contribution in [0.4, 0.5) is 5.69 Å². The third-order valence-electron chi connectivity index (χ3n) is 8.82. The third-order valence-corrected chi connectivity index (χ3v) is 9.91. The topological polar surface area (TPSA) is 21.3 Å². The molecule has 0 amide bonds. The van der Waals surface area contributed by atoms with Gasteiger partial charge in [0.1, 0.15) is 5.76 Å². The lowest BCUT2D eigenvalue weighted by molar-refractivity contribution is 0.301. The lowest BCUT2D eigenvalue weighted by atomic mass is 10.0. The van der Waals surface area contributed by atoms with Crippen LogP contribution in [-0.4, -0.2) is 18.9 Å². The van der Waals surface area contributed by atoms with Crippen LogP contribution in [0.3, 0.4) is 0 Å². The zero-order valence-electron chi connectivity index (χ0n) is 27.7. The Kier molecular flexibility index (Phi) is 20.2. The van der Waals surface area contributed by atoms with E-state index in [1.807, 2.05) is 11.8 Å². The van der Waals surface area contributed by atoms with Gasteiger partial charge in [0.2, 0.25) is 0 Å².